The number of benzene rings is 2. The van der Waals surface area contributed by atoms with Crippen LogP contribution in [0.1, 0.15) is 18.4 Å². The summed E-state index contributed by atoms with van der Waals surface area (Å²) in [5.74, 6) is 0.490. The molecule has 0 aliphatic carbocycles. The van der Waals surface area contributed by atoms with Crippen LogP contribution in [0.5, 0.6) is 5.75 Å². The summed E-state index contributed by atoms with van der Waals surface area (Å²) in [6, 6.07) is 15.0. The Morgan fingerprint density at radius 3 is 2.59 bits per heavy atom. The molecule has 3 rings (SSSR count). The lowest BCUT2D eigenvalue weighted by Gasteiger charge is -2.21. The average molecular weight is 396 g/mol. The van der Waals surface area contributed by atoms with Gasteiger partial charge >= 0.3 is 6.03 Å². The summed E-state index contributed by atoms with van der Waals surface area (Å²) < 4.78 is 5.52. The molecule has 0 radical (unpaired) electrons. The van der Waals surface area contributed by atoms with Crippen LogP contribution in [0, 0.1) is 0 Å². The fourth-order valence-corrected chi connectivity index (χ4v) is 3.18. The molecule has 2 N–H and O–H groups in total. The molecule has 1 aliphatic heterocycles. The summed E-state index contributed by atoms with van der Waals surface area (Å²) in [6.45, 7) is 2.38. The molecule has 7 nitrogen and oxygen atoms in total. The van der Waals surface area contributed by atoms with Gasteiger partial charge in [-0.05, 0) is 42.7 Å². The molecule has 1 saturated heterocycles. The average Bonchev–Trinajstić information content (AvgIpc) is 3.26. The molecule has 29 heavy (non-hydrogen) atoms. The number of nitrogens with zero attached hydrogens (tertiary/aromatic N) is 2. The standard InChI is InChI=1S/C22H28N4O3/c1-25(2)21(27)16-29-18-9-7-8-17(14-18)15-23-22(28)24-19-10-3-4-11-20(19)26-12-5-6-13-26/h3-4,7-11,14H,5-6,12-13,15-16H2,1-2H3,(H2,23,24,28). The highest BCUT2D eigenvalue weighted by molar-refractivity contribution is 5.93. The van der Waals surface area contributed by atoms with Crippen LogP contribution >= 0.6 is 0 Å². The van der Waals surface area contributed by atoms with Crippen molar-refractivity contribution in [2.24, 2.45) is 0 Å². The molecule has 1 heterocycles. The van der Waals surface area contributed by atoms with Crippen LogP contribution in [0.25, 0.3) is 0 Å². The van der Waals surface area contributed by atoms with Gasteiger partial charge in [-0.1, -0.05) is 24.3 Å². The van der Waals surface area contributed by atoms with E-state index in [1.807, 2.05) is 42.5 Å². The van der Waals surface area contributed by atoms with Crippen molar-refractivity contribution in [1.82, 2.24) is 10.2 Å². The van der Waals surface area contributed by atoms with Gasteiger partial charge in [0.25, 0.3) is 5.91 Å². The SMILES string of the molecule is CN(C)C(=O)COc1cccc(CNC(=O)Nc2ccccc2N2CCCC2)c1. The monoisotopic (exact) mass is 396 g/mol. The predicted molar refractivity (Wildman–Crippen MR) is 114 cm³/mol. The van der Waals surface area contributed by atoms with Crippen LogP contribution in [0.2, 0.25) is 0 Å². The first-order chi connectivity index (χ1) is 14.0. The van der Waals surface area contributed by atoms with Gasteiger partial charge in [-0.15, -0.1) is 0 Å². The summed E-state index contributed by atoms with van der Waals surface area (Å²) in [4.78, 5) is 27.8. The van der Waals surface area contributed by atoms with E-state index in [-0.39, 0.29) is 18.5 Å². The number of hydrogen-bond acceptors (Lipinski definition) is 4. The molecule has 0 unspecified atom stereocenters. The van der Waals surface area contributed by atoms with Crippen LogP contribution in [-0.2, 0) is 11.3 Å². The number of ether oxygens (including phenoxy) is 1. The molecular formula is C22H28N4O3. The smallest absolute Gasteiger partial charge is 0.319 e. The Labute approximate surface area is 171 Å². The maximum Gasteiger partial charge on any atom is 0.319 e. The van der Waals surface area contributed by atoms with Crippen LogP contribution in [0.3, 0.4) is 0 Å². The van der Waals surface area contributed by atoms with E-state index < -0.39 is 0 Å². The van der Waals surface area contributed by atoms with E-state index in [1.54, 1.807) is 20.2 Å². The minimum Gasteiger partial charge on any atom is -0.484 e. The van der Waals surface area contributed by atoms with E-state index in [0.717, 1.165) is 30.0 Å². The van der Waals surface area contributed by atoms with Crippen molar-refractivity contribution in [3.63, 3.8) is 0 Å². The normalized spacial score (nSPS) is 13.1. The number of anilines is 2. The van der Waals surface area contributed by atoms with Gasteiger partial charge in [-0.2, -0.15) is 0 Å². The summed E-state index contributed by atoms with van der Waals surface area (Å²) >= 11 is 0. The van der Waals surface area contributed by atoms with Gasteiger partial charge in [0.15, 0.2) is 6.61 Å². The first-order valence-electron chi connectivity index (χ1n) is 9.83. The third-order valence-electron chi connectivity index (χ3n) is 4.81. The lowest BCUT2D eigenvalue weighted by Crippen LogP contribution is -2.29. The molecule has 2 aromatic carbocycles. The van der Waals surface area contributed by atoms with Gasteiger partial charge < -0.3 is 25.2 Å². The van der Waals surface area contributed by atoms with E-state index in [2.05, 4.69) is 15.5 Å². The Kier molecular flexibility index (Phi) is 6.94. The van der Waals surface area contributed by atoms with E-state index in [9.17, 15) is 9.59 Å². The predicted octanol–water partition coefficient (Wildman–Crippen LogP) is 3.08. The second-order valence-corrected chi connectivity index (χ2v) is 7.24. The quantitative estimate of drug-likeness (QED) is 0.754. The maximum absolute atomic E-state index is 12.4. The highest BCUT2D eigenvalue weighted by atomic mass is 16.5. The third-order valence-corrected chi connectivity index (χ3v) is 4.81. The molecule has 0 spiro atoms. The van der Waals surface area contributed by atoms with Crippen LogP contribution < -0.4 is 20.3 Å². The van der Waals surface area contributed by atoms with Crippen molar-refractivity contribution in [1.29, 1.82) is 0 Å². The van der Waals surface area contributed by atoms with Gasteiger partial charge in [-0.3, -0.25) is 4.79 Å². The van der Waals surface area contributed by atoms with Crippen molar-refractivity contribution >= 4 is 23.3 Å². The molecule has 0 saturated carbocycles. The highest BCUT2D eigenvalue weighted by Crippen LogP contribution is 2.28. The van der Waals surface area contributed by atoms with Crippen LogP contribution in [0.4, 0.5) is 16.2 Å². The molecule has 0 atom stereocenters. The second kappa shape index (κ2) is 9.82. The Morgan fingerprint density at radius 1 is 1.07 bits per heavy atom. The number of amides is 3. The van der Waals surface area contributed by atoms with E-state index >= 15 is 0 Å². The zero-order chi connectivity index (χ0) is 20.6. The van der Waals surface area contributed by atoms with Gasteiger partial charge in [-0.25, -0.2) is 4.79 Å². The first-order valence-corrected chi connectivity index (χ1v) is 9.83. The van der Waals surface area contributed by atoms with Crippen molar-refractivity contribution in [3.05, 3.63) is 54.1 Å². The summed E-state index contributed by atoms with van der Waals surface area (Å²) in [5.41, 5.74) is 2.76. The third kappa shape index (κ3) is 5.88. The molecule has 0 bridgehead atoms. The Bertz CT molecular complexity index is 847. The molecule has 7 heteroatoms. The highest BCUT2D eigenvalue weighted by Gasteiger charge is 2.16. The number of urea groups is 1. The Hall–Kier alpha value is -3.22. The lowest BCUT2D eigenvalue weighted by molar-refractivity contribution is -0.130. The van der Waals surface area contributed by atoms with Crippen molar-refractivity contribution in [2.75, 3.05) is 44.0 Å². The number of carbonyl (C=O) groups excluding carboxylic acids is 2. The number of likely N-dealkylation sites (N-methyl/N-ethyl adjacent to an activating group) is 1. The molecule has 3 amide bonds. The van der Waals surface area contributed by atoms with Gasteiger partial charge in [0, 0.05) is 33.7 Å². The molecule has 1 aliphatic rings. The number of para-hydroxylation sites is 2. The molecule has 1 fully saturated rings. The number of rotatable bonds is 7. The first kappa shape index (κ1) is 20.5. The topological polar surface area (TPSA) is 73.9 Å². The lowest BCUT2D eigenvalue weighted by atomic mass is 10.2. The van der Waals surface area contributed by atoms with E-state index in [4.69, 9.17) is 4.74 Å². The van der Waals surface area contributed by atoms with Crippen LogP contribution in [-0.4, -0.2) is 50.6 Å². The largest absolute Gasteiger partial charge is 0.484 e. The summed E-state index contributed by atoms with van der Waals surface area (Å²) in [7, 11) is 3.37. The Morgan fingerprint density at radius 2 is 1.83 bits per heavy atom. The summed E-state index contributed by atoms with van der Waals surface area (Å²) in [5, 5.41) is 5.83. The number of nitrogens with one attached hydrogen (secondary N) is 2. The minimum atomic E-state index is -0.259. The molecule has 2 aromatic rings. The maximum atomic E-state index is 12.4. The number of carbonyl (C=O) groups is 2. The second-order valence-electron chi connectivity index (χ2n) is 7.24. The number of hydrogen-bond donors (Lipinski definition) is 2. The van der Waals surface area contributed by atoms with Gasteiger partial charge in [0.2, 0.25) is 0 Å². The van der Waals surface area contributed by atoms with Crippen molar-refractivity contribution < 1.29 is 14.3 Å². The van der Waals surface area contributed by atoms with Crippen molar-refractivity contribution in [2.45, 2.75) is 19.4 Å². The van der Waals surface area contributed by atoms with E-state index in [1.165, 1.54) is 17.7 Å². The van der Waals surface area contributed by atoms with E-state index in [0.29, 0.717) is 12.3 Å². The minimum absolute atomic E-state index is 0.0162. The molecule has 154 valence electrons. The van der Waals surface area contributed by atoms with Gasteiger partial charge in [0.05, 0.1) is 11.4 Å². The van der Waals surface area contributed by atoms with Gasteiger partial charge in [0.1, 0.15) is 5.75 Å². The van der Waals surface area contributed by atoms with Crippen molar-refractivity contribution in [3.8, 4) is 5.75 Å². The zero-order valence-electron chi connectivity index (χ0n) is 17.0. The fraction of sp³-hybridized carbons (Fsp3) is 0.364. The van der Waals surface area contributed by atoms with Crippen LogP contribution in [0.15, 0.2) is 48.5 Å². The Balaban J connectivity index is 1.54. The molecule has 0 aromatic heterocycles. The zero-order valence-corrected chi connectivity index (χ0v) is 17.0. The molecular weight excluding hydrogens is 368 g/mol. The summed E-state index contributed by atoms with van der Waals surface area (Å²) in [6.07, 6.45) is 2.36. The fourth-order valence-electron chi connectivity index (χ4n) is 3.18.